The molecule has 1 atom stereocenters. The van der Waals surface area contributed by atoms with Crippen LogP contribution in [-0.4, -0.2) is 67.0 Å². The van der Waals surface area contributed by atoms with Gasteiger partial charge in [-0.3, -0.25) is 14.4 Å². The van der Waals surface area contributed by atoms with Crippen LogP contribution in [0.2, 0.25) is 0 Å². The molecule has 1 heterocycles. The summed E-state index contributed by atoms with van der Waals surface area (Å²) in [5.74, 6) is -0.180. The first-order valence-electron chi connectivity index (χ1n) is 12.1. The number of esters is 1. The number of hydrogen-bond acceptors (Lipinski definition) is 6. The molecule has 8 nitrogen and oxygen atoms in total. The van der Waals surface area contributed by atoms with E-state index >= 15 is 0 Å². The van der Waals surface area contributed by atoms with E-state index in [2.05, 4.69) is 0 Å². The first kappa shape index (κ1) is 27.0. The number of methoxy groups -OCH3 is 2. The summed E-state index contributed by atoms with van der Waals surface area (Å²) in [6.07, 6.45) is 0.707. The second-order valence-corrected chi connectivity index (χ2v) is 9.92. The molecule has 8 heteroatoms. The Kier molecular flexibility index (Phi) is 8.96. The summed E-state index contributed by atoms with van der Waals surface area (Å²) >= 11 is 0. The second kappa shape index (κ2) is 11.9. The Bertz CT molecular complexity index is 1060. The van der Waals surface area contributed by atoms with Crippen molar-refractivity contribution in [3.8, 4) is 11.5 Å². The van der Waals surface area contributed by atoms with Crippen LogP contribution in [0, 0.1) is 5.92 Å². The molecule has 36 heavy (non-hydrogen) atoms. The highest BCUT2D eigenvalue weighted by molar-refractivity contribution is 5.88. The fourth-order valence-corrected chi connectivity index (χ4v) is 4.24. The van der Waals surface area contributed by atoms with Crippen LogP contribution in [0.5, 0.6) is 11.5 Å². The molecule has 2 amide bonds. The molecule has 1 aliphatic rings. The van der Waals surface area contributed by atoms with E-state index in [-0.39, 0.29) is 31.4 Å². The summed E-state index contributed by atoms with van der Waals surface area (Å²) < 4.78 is 16.0. The summed E-state index contributed by atoms with van der Waals surface area (Å²) in [5.41, 5.74) is 1.56. The lowest BCUT2D eigenvalue weighted by molar-refractivity contribution is -0.157. The third-order valence-corrected chi connectivity index (χ3v) is 6.30. The Labute approximate surface area is 213 Å². The van der Waals surface area contributed by atoms with E-state index in [0.717, 1.165) is 11.1 Å². The first-order valence-corrected chi connectivity index (χ1v) is 12.1. The number of rotatable bonds is 10. The Balaban J connectivity index is 1.52. The van der Waals surface area contributed by atoms with Gasteiger partial charge >= 0.3 is 5.97 Å². The minimum atomic E-state index is -0.576. The molecule has 0 N–H and O–H groups in total. The van der Waals surface area contributed by atoms with Gasteiger partial charge in [-0.2, -0.15) is 0 Å². The number of likely N-dealkylation sites (tertiary alicyclic amines) is 1. The van der Waals surface area contributed by atoms with Crippen LogP contribution in [0.1, 0.15) is 38.3 Å². The molecular formula is C28H36N2O6. The lowest BCUT2D eigenvalue weighted by Crippen LogP contribution is -2.47. The number of nitrogens with zero attached hydrogens (tertiary/aromatic N) is 2. The molecule has 0 bridgehead atoms. The molecule has 0 aliphatic carbocycles. The van der Waals surface area contributed by atoms with E-state index < -0.39 is 17.4 Å². The number of ether oxygens (including phenoxy) is 3. The average Bonchev–Trinajstić information content (AvgIpc) is 3.24. The van der Waals surface area contributed by atoms with Crippen LogP contribution in [-0.2, 0) is 32.1 Å². The summed E-state index contributed by atoms with van der Waals surface area (Å²) in [7, 11) is 3.16. The van der Waals surface area contributed by atoms with E-state index in [4.69, 9.17) is 14.2 Å². The van der Waals surface area contributed by atoms with Gasteiger partial charge in [-0.25, -0.2) is 0 Å². The van der Waals surface area contributed by atoms with Crippen LogP contribution >= 0.6 is 0 Å². The lowest BCUT2D eigenvalue weighted by Gasteiger charge is -2.35. The smallest absolute Gasteiger partial charge is 0.311 e. The van der Waals surface area contributed by atoms with Crippen LogP contribution in [0.15, 0.2) is 48.5 Å². The zero-order valence-electron chi connectivity index (χ0n) is 21.8. The Hall–Kier alpha value is -3.55. The fourth-order valence-electron chi connectivity index (χ4n) is 4.24. The summed E-state index contributed by atoms with van der Waals surface area (Å²) in [4.78, 5) is 41.5. The van der Waals surface area contributed by atoms with Gasteiger partial charge in [0.05, 0.1) is 20.1 Å². The van der Waals surface area contributed by atoms with Crippen molar-refractivity contribution in [3.05, 3.63) is 59.7 Å². The van der Waals surface area contributed by atoms with E-state index in [1.807, 2.05) is 69.3 Å². The van der Waals surface area contributed by atoms with Gasteiger partial charge < -0.3 is 24.0 Å². The number of hydrogen-bond donors (Lipinski definition) is 0. The zero-order chi connectivity index (χ0) is 26.3. The monoisotopic (exact) mass is 496 g/mol. The minimum absolute atomic E-state index is 0.0892. The van der Waals surface area contributed by atoms with Gasteiger partial charge in [0.15, 0.2) is 18.1 Å². The Morgan fingerprint density at radius 3 is 2.33 bits per heavy atom. The van der Waals surface area contributed by atoms with E-state index in [1.54, 1.807) is 24.0 Å². The molecule has 0 aromatic heterocycles. The predicted molar refractivity (Wildman–Crippen MR) is 136 cm³/mol. The largest absolute Gasteiger partial charge is 0.493 e. The molecular weight excluding hydrogens is 460 g/mol. The average molecular weight is 497 g/mol. The van der Waals surface area contributed by atoms with Crippen molar-refractivity contribution in [2.75, 3.05) is 33.9 Å². The SMILES string of the molecule is COc1ccc(CCN2C[C@@H](C(=O)OCC(=O)N(Cc3ccccc3)C(C)(C)C)CC2=O)cc1OC. The molecule has 3 rings (SSSR count). The fraction of sp³-hybridized carbons (Fsp3) is 0.464. The van der Waals surface area contributed by atoms with Gasteiger partial charge in [0.2, 0.25) is 5.91 Å². The van der Waals surface area contributed by atoms with E-state index in [0.29, 0.717) is 31.0 Å². The van der Waals surface area contributed by atoms with Crippen molar-refractivity contribution in [3.63, 3.8) is 0 Å². The number of carbonyl (C=O) groups is 3. The first-order chi connectivity index (χ1) is 17.1. The molecule has 2 aromatic rings. The van der Waals surface area contributed by atoms with Crippen molar-refractivity contribution in [1.82, 2.24) is 9.80 Å². The van der Waals surface area contributed by atoms with Gasteiger partial charge in [-0.15, -0.1) is 0 Å². The molecule has 1 fully saturated rings. The number of benzene rings is 2. The summed E-state index contributed by atoms with van der Waals surface area (Å²) in [5, 5.41) is 0. The maximum Gasteiger partial charge on any atom is 0.311 e. The highest BCUT2D eigenvalue weighted by atomic mass is 16.5. The van der Waals surface area contributed by atoms with E-state index in [1.165, 1.54) is 0 Å². The normalized spacial score (nSPS) is 15.5. The zero-order valence-corrected chi connectivity index (χ0v) is 21.8. The van der Waals surface area contributed by atoms with Gasteiger partial charge in [0, 0.05) is 31.6 Å². The number of amides is 2. The van der Waals surface area contributed by atoms with Gasteiger partial charge in [-0.05, 0) is 50.5 Å². The second-order valence-electron chi connectivity index (χ2n) is 9.92. The topological polar surface area (TPSA) is 85.4 Å². The number of carbonyl (C=O) groups excluding carboxylic acids is 3. The third kappa shape index (κ3) is 6.99. The van der Waals surface area contributed by atoms with Crippen LogP contribution in [0.25, 0.3) is 0 Å². The molecule has 1 aliphatic heterocycles. The molecule has 2 aromatic carbocycles. The highest BCUT2D eigenvalue weighted by Crippen LogP contribution is 2.28. The van der Waals surface area contributed by atoms with Gasteiger partial charge in [-0.1, -0.05) is 36.4 Å². The molecule has 0 unspecified atom stereocenters. The quantitative estimate of drug-likeness (QED) is 0.469. The lowest BCUT2D eigenvalue weighted by atomic mass is 10.0. The Morgan fingerprint density at radius 1 is 1.00 bits per heavy atom. The molecule has 0 saturated carbocycles. The maximum absolute atomic E-state index is 13.0. The van der Waals surface area contributed by atoms with Gasteiger partial charge in [0.1, 0.15) is 0 Å². The minimum Gasteiger partial charge on any atom is -0.493 e. The van der Waals surface area contributed by atoms with Crippen LogP contribution in [0.3, 0.4) is 0 Å². The van der Waals surface area contributed by atoms with Crippen molar-refractivity contribution in [2.24, 2.45) is 5.92 Å². The standard InChI is InChI=1S/C28H36N2O6/c1-28(2,3)30(17-21-9-7-6-8-10-21)26(32)19-36-27(33)22-16-25(31)29(18-22)14-13-20-11-12-23(34-4)24(15-20)35-5/h6-12,15,22H,13-14,16-19H2,1-5H3/t22-/m0/s1. The van der Waals surface area contributed by atoms with E-state index in [9.17, 15) is 14.4 Å². The molecule has 0 spiro atoms. The molecule has 194 valence electrons. The van der Waals surface area contributed by atoms with Crippen molar-refractivity contribution in [1.29, 1.82) is 0 Å². The van der Waals surface area contributed by atoms with Crippen LogP contribution < -0.4 is 9.47 Å². The van der Waals surface area contributed by atoms with Crippen molar-refractivity contribution < 1.29 is 28.6 Å². The Morgan fingerprint density at radius 2 is 1.69 bits per heavy atom. The third-order valence-electron chi connectivity index (χ3n) is 6.30. The van der Waals surface area contributed by atoms with Crippen LogP contribution in [0.4, 0.5) is 0 Å². The molecule has 0 radical (unpaired) electrons. The maximum atomic E-state index is 13.0. The van der Waals surface area contributed by atoms with Crippen molar-refractivity contribution in [2.45, 2.75) is 45.7 Å². The highest BCUT2D eigenvalue weighted by Gasteiger charge is 2.36. The van der Waals surface area contributed by atoms with Crippen molar-refractivity contribution >= 4 is 17.8 Å². The van der Waals surface area contributed by atoms with Gasteiger partial charge in [0.25, 0.3) is 5.91 Å². The summed E-state index contributed by atoms with van der Waals surface area (Å²) in [6, 6.07) is 15.3. The summed E-state index contributed by atoms with van der Waals surface area (Å²) in [6.45, 7) is 6.68. The predicted octanol–water partition coefficient (Wildman–Crippen LogP) is 3.47. The molecule has 1 saturated heterocycles.